The summed E-state index contributed by atoms with van der Waals surface area (Å²) in [5.74, 6) is -2.79. The van der Waals surface area contributed by atoms with Crippen molar-refractivity contribution in [1.82, 2.24) is 0 Å². The highest BCUT2D eigenvalue weighted by Crippen LogP contribution is 2.32. The molecular formula is C10H7Cl2F2NO3S. The number of carbonyl (C=O) groups excluding carboxylic acids is 1. The van der Waals surface area contributed by atoms with Crippen molar-refractivity contribution < 1.29 is 22.0 Å². The van der Waals surface area contributed by atoms with Gasteiger partial charge in [-0.1, -0.05) is 11.6 Å². The molecule has 0 radical (unpaired) electrons. The second-order valence-corrected chi connectivity index (χ2v) is 7.37. The summed E-state index contributed by atoms with van der Waals surface area (Å²) < 4.78 is 49.6. The Kier molecular flexibility index (Phi) is 3.72. The number of hydrogen-bond donors (Lipinski definition) is 0. The maximum atomic E-state index is 13.7. The zero-order valence-corrected chi connectivity index (χ0v) is 11.6. The summed E-state index contributed by atoms with van der Waals surface area (Å²) in [7, 11) is 1.18. The second kappa shape index (κ2) is 4.88. The Bertz CT molecular complexity index is 627. The van der Waals surface area contributed by atoms with Crippen LogP contribution >= 0.6 is 22.3 Å². The van der Waals surface area contributed by atoms with Crippen molar-refractivity contribution in [3.05, 3.63) is 28.8 Å². The summed E-state index contributed by atoms with van der Waals surface area (Å²) in [6, 6.07) is 1.69. The van der Waals surface area contributed by atoms with Gasteiger partial charge in [0, 0.05) is 28.7 Å². The highest BCUT2D eigenvalue weighted by Gasteiger charge is 2.40. The fraction of sp³-hybridized carbons (Fsp3) is 0.300. The van der Waals surface area contributed by atoms with Crippen LogP contribution in [-0.2, 0) is 13.8 Å². The third-order valence-corrected chi connectivity index (χ3v) is 4.83. The number of carbonyl (C=O) groups is 1. The molecule has 9 heteroatoms. The Morgan fingerprint density at radius 1 is 1.26 bits per heavy atom. The Balaban J connectivity index is 2.42. The monoisotopic (exact) mass is 329 g/mol. The van der Waals surface area contributed by atoms with Crippen LogP contribution < -0.4 is 4.90 Å². The van der Waals surface area contributed by atoms with Gasteiger partial charge in [-0.2, -0.15) is 0 Å². The lowest BCUT2D eigenvalue weighted by Gasteiger charge is -2.17. The molecule has 4 nitrogen and oxygen atoms in total. The van der Waals surface area contributed by atoms with Crippen molar-refractivity contribution in [3.63, 3.8) is 0 Å². The van der Waals surface area contributed by atoms with Gasteiger partial charge in [0.05, 0.1) is 0 Å². The molecule has 0 saturated carbocycles. The Morgan fingerprint density at radius 3 is 2.21 bits per heavy atom. The lowest BCUT2D eigenvalue weighted by Crippen LogP contribution is -2.28. The van der Waals surface area contributed by atoms with Crippen LogP contribution in [-0.4, -0.2) is 26.1 Å². The number of halogens is 4. The number of amides is 1. The van der Waals surface area contributed by atoms with Crippen molar-refractivity contribution in [2.75, 3.05) is 11.4 Å². The molecule has 0 spiro atoms. The van der Waals surface area contributed by atoms with Crippen molar-refractivity contribution >= 4 is 42.9 Å². The molecule has 1 amide bonds. The van der Waals surface area contributed by atoms with E-state index in [-0.39, 0.29) is 11.6 Å². The standard InChI is InChI=1S/C10H7Cl2F2NO3S/c11-5-1-7(13)10(8(14)2-5)15-4-6(3-9(15)16)19(12,17)18/h1-2,6H,3-4H2. The van der Waals surface area contributed by atoms with E-state index in [1.165, 1.54) is 0 Å². The van der Waals surface area contributed by atoms with Crippen molar-refractivity contribution in [3.8, 4) is 0 Å². The molecule has 1 fully saturated rings. The smallest absolute Gasteiger partial charge is 0.237 e. The first kappa shape index (κ1) is 14.5. The number of anilines is 1. The number of nitrogens with zero attached hydrogens (tertiary/aromatic N) is 1. The molecule has 0 aliphatic carbocycles. The lowest BCUT2D eigenvalue weighted by atomic mass is 10.2. The van der Waals surface area contributed by atoms with Gasteiger partial charge >= 0.3 is 0 Å². The normalized spacial score (nSPS) is 20.1. The molecule has 0 aromatic heterocycles. The molecule has 1 aliphatic heterocycles. The lowest BCUT2D eigenvalue weighted by molar-refractivity contribution is -0.117. The molecule has 1 unspecified atom stereocenters. The summed E-state index contributed by atoms with van der Waals surface area (Å²) >= 11 is 5.47. The van der Waals surface area contributed by atoms with E-state index in [0.717, 1.165) is 17.0 Å². The van der Waals surface area contributed by atoms with Crippen LogP contribution in [0, 0.1) is 11.6 Å². The van der Waals surface area contributed by atoms with Crippen LogP contribution in [0.2, 0.25) is 5.02 Å². The van der Waals surface area contributed by atoms with E-state index in [0.29, 0.717) is 0 Å². The van der Waals surface area contributed by atoms with Crippen molar-refractivity contribution in [2.24, 2.45) is 0 Å². The largest absolute Gasteiger partial charge is 0.306 e. The highest BCUT2D eigenvalue weighted by atomic mass is 35.7. The zero-order chi connectivity index (χ0) is 14.4. The van der Waals surface area contributed by atoms with E-state index < -0.39 is 44.0 Å². The molecule has 0 N–H and O–H groups in total. The average Bonchev–Trinajstić information content (AvgIpc) is 2.59. The summed E-state index contributed by atoms with van der Waals surface area (Å²) in [5.41, 5.74) is -0.614. The Morgan fingerprint density at radius 2 is 1.79 bits per heavy atom. The van der Waals surface area contributed by atoms with Gasteiger partial charge in [-0.25, -0.2) is 17.2 Å². The Hall–Kier alpha value is -0.920. The molecule has 1 saturated heterocycles. The number of hydrogen-bond acceptors (Lipinski definition) is 3. The summed E-state index contributed by atoms with van der Waals surface area (Å²) in [5, 5.41) is -1.34. The number of benzene rings is 1. The van der Waals surface area contributed by atoms with E-state index >= 15 is 0 Å². The molecule has 19 heavy (non-hydrogen) atoms. The van der Waals surface area contributed by atoms with Crippen LogP contribution in [0.4, 0.5) is 14.5 Å². The topological polar surface area (TPSA) is 54.5 Å². The fourth-order valence-corrected chi connectivity index (χ4v) is 3.09. The fourth-order valence-electron chi connectivity index (χ4n) is 1.87. The third-order valence-electron chi connectivity index (χ3n) is 2.74. The van der Waals surface area contributed by atoms with E-state index in [1.807, 2.05) is 0 Å². The minimum Gasteiger partial charge on any atom is -0.306 e. The van der Waals surface area contributed by atoms with Gasteiger partial charge < -0.3 is 4.90 Å². The summed E-state index contributed by atoms with van der Waals surface area (Å²) in [6.45, 7) is -0.389. The van der Waals surface area contributed by atoms with Crippen LogP contribution in [0.1, 0.15) is 6.42 Å². The third kappa shape index (κ3) is 2.82. The quantitative estimate of drug-likeness (QED) is 0.782. The van der Waals surface area contributed by atoms with E-state index in [2.05, 4.69) is 0 Å². The molecule has 0 bridgehead atoms. The molecule has 1 heterocycles. The van der Waals surface area contributed by atoms with Gasteiger partial charge in [0.25, 0.3) is 0 Å². The van der Waals surface area contributed by atoms with E-state index in [1.54, 1.807) is 0 Å². The maximum Gasteiger partial charge on any atom is 0.237 e. The van der Waals surface area contributed by atoms with Gasteiger partial charge in [-0.05, 0) is 12.1 Å². The average molecular weight is 330 g/mol. The minimum atomic E-state index is -3.97. The van der Waals surface area contributed by atoms with E-state index in [9.17, 15) is 22.0 Å². The molecular weight excluding hydrogens is 323 g/mol. The van der Waals surface area contributed by atoms with Gasteiger partial charge in [0.2, 0.25) is 15.0 Å². The molecule has 2 rings (SSSR count). The highest BCUT2D eigenvalue weighted by molar-refractivity contribution is 8.14. The summed E-state index contributed by atoms with van der Waals surface area (Å²) in [4.78, 5) is 12.4. The van der Waals surface area contributed by atoms with Crippen LogP contribution in [0.3, 0.4) is 0 Å². The van der Waals surface area contributed by atoms with Crippen LogP contribution in [0.5, 0.6) is 0 Å². The van der Waals surface area contributed by atoms with Crippen LogP contribution in [0.25, 0.3) is 0 Å². The van der Waals surface area contributed by atoms with Gasteiger partial charge in [-0.15, -0.1) is 0 Å². The predicted octanol–water partition coefficient (Wildman–Crippen LogP) is 2.29. The zero-order valence-electron chi connectivity index (χ0n) is 9.24. The number of rotatable bonds is 2. The molecule has 1 aromatic rings. The van der Waals surface area contributed by atoms with Gasteiger partial charge in [0.1, 0.15) is 10.9 Å². The molecule has 104 valence electrons. The summed E-state index contributed by atoms with van der Waals surface area (Å²) in [6.07, 6.45) is -0.409. The minimum absolute atomic E-state index is 0.160. The molecule has 1 aromatic carbocycles. The van der Waals surface area contributed by atoms with E-state index in [4.69, 9.17) is 22.3 Å². The first-order valence-corrected chi connectivity index (χ1v) is 7.83. The van der Waals surface area contributed by atoms with Gasteiger partial charge in [-0.3, -0.25) is 4.79 Å². The second-order valence-electron chi connectivity index (χ2n) is 4.02. The first-order valence-electron chi connectivity index (χ1n) is 5.08. The Labute approximate surface area is 117 Å². The van der Waals surface area contributed by atoms with Gasteiger partial charge in [0.15, 0.2) is 11.6 Å². The maximum absolute atomic E-state index is 13.7. The molecule has 1 atom stereocenters. The SMILES string of the molecule is O=C1CC(S(=O)(=O)Cl)CN1c1c(F)cc(Cl)cc1F. The molecule has 1 aliphatic rings. The van der Waals surface area contributed by atoms with Crippen molar-refractivity contribution in [1.29, 1.82) is 0 Å². The first-order chi connectivity index (χ1) is 8.70. The van der Waals surface area contributed by atoms with Crippen molar-refractivity contribution in [2.45, 2.75) is 11.7 Å². The van der Waals surface area contributed by atoms with Crippen LogP contribution in [0.15, 0.2) is 12.1 Å². The predicted molar refractivity (Wildman–Crippen MR) is 66.9 cm³/mol.